The molecule has 21 heavy (non-hydrogen) atoms. The van der Waals surface area contributed by atoms with Crippen LogP contribution in [0.3, 0.4) is 0 Å². The molecule has 2 fully saturated rings. The molecule has 0 bridgehead atoms. The van der Waals surface area contributed by atoms with Crippen molar-refractivity contribution in [3.8, 4) is 0 Å². The summed E-state index contributed by atoms with van der Waals surface area (Å²) in [6.45, 7) is 3.20. The quantitative estimate of drug-likeness (QED) is 0.815. The van der Waals surface area contributed by atoms with Crippen molar-refractivity contribution in [2.45, 2.75) is 6.10 Å². The molecule has 1 unspecified atom stereocenters. The van der Waals surface area contributed by atoms with Gasteiger partial charge in [-0.1, -0.05) is 0 Å². The second-order valence-corrected chi connectivity index (χ2v) is 6.30. The lowest BCUT2D eigenvalue weighted by molar-refractivity contribution is -0.144. The van der Waals surface area contributed by atoms with Crippen LogP contribution < -0.4 is 4.90 Å². The molecule has 5 nitrogen and oxygen atoms in total. The first kappa shape index (κ1) is 14.6. The zero-order valence-electron chi connectivity index (χ0n) is 11.7. The van der Waals surface area contributed by atoms with Gasteiger partial charge in [0.25, 0.3) is 5.91 Å². The van der Waals surface area contributed by atoms with E-state index in [1.807, 2.05) is 21.6 Å². The Balaban J connectivity index is 1.64. The Morgan fingerprint density at radius 3 is 2.86 bits per heavy atom. The zero-order valence-corrected chi connectivity index (χ0v) is 12.5. The summed E-state index contributed by atoms with van der Waals surface area (Å²) in [4.78, 5) is 20.4. The van der Waals surface area contributed by atoms with Crippen molar-refractivity contribution >= 4 is 23.5 Å². The lowest BCUT2D eigenvalue weighted by Gasteiger charge is -2.36. The summed E-state index contributed by atoms with van der Waals surface area (Å²) < 4.78 is 18.6. The molecule has 0 aliphatic carbocycles. The van der Waals surface area contributed by atoms with Gasteiger partial charge in [0, 0.05) is 31.1 Å². The van der Waals surface area contributed by atoms with E-state index in [9.17, 15) is 9.18 Å². The number of carbonyl (C=O) groups excluding carboxylic acids is 1. The minimum Gasteiger partial charge on any atom is -0.365 e. The number of halogens is 1. The van der Waals surface area contributed by atoms with E-state index in [0.717, 1.165) is 24.6 Å². The molecule has 0 aromatic carbocycles. The minimum atomic E-state index is -0.450. The van der Waals surface area contributed by atoms with Crippen LogP contribution in [0.1, 0.15) is 0 Å². The van der Waals surface area contributed by atoms with E-state index in [-0.39, 0.29) is 11.7 Å². The minimum absolute atomic E-state index is 0.0575. The van der Waals surface area contributed by atoms with Crippen molar-refractivity contribution in [1.82, 2.24) is 9.88 Å². The number of thioether (sulfide) groups is 1. The van der Waals surface area contributed by atoms with Crippen molar-refractivity contribution in [2.24, 2.45) is 0 Å². The molecule has 1 aromatic rings. The van der Waals surface area contributed by atoms with Crippen LogP contribution in [-0.4, -0.2) is 66.2 Å². The topological polar surface area (TPSA) is 45.7 Å². The molecule has 0 saturated carbocycles. The second-order valence-electron chi connectivity index (χ2n) is 5.08. The van der Waals surface area contributed by atoms with Gasteiger partial charge >= 0.3 is 0 Å². The zero-order chi connectivity index (χ0) is 14.7. The number of carbonyl (C=O) groups is 1. The molecule has 7 heteroatoms. The molecular weight excluding hydrogens is 293 g/mol. The van der Waals surface area contributed by atoms with Gasteiger partial charge in [0.1, 0.15) is 11.6 Å². The number of ether oxygens (including phenoxy) is 1. The number of aromatic nitrogens is 1. The third kappa shape index (κ3) is 3.47. The van der Waals surface area contributed by atoms with Crippen molar-refractivity contribution in [2.75, 3.05) is 49.2 Å². The maximum absolute atomic E-state index is 12.9. The summed E-state index contributed by atoms with van der Waals surface area (Å²) in [6.07, 6.45) is 0.748. The van der Waals surface area contributed by atoms with Crippen molar-refractivity contribution < 1.29 is 13.9 Å². The summed E-state index contributed by atoms with van der Waals surface area (Å²) in [5, 5.41) is 0. The average Bonchev–Trinajstić information content (AvgIpc) is 2.56. The van der Waals surface area contributed by atoms with Crippen molar-refractivity contribution in [3.05, 3.63) is 24.1 Å². The van der Waals surface area contributed by atoms with Crippen molar-refractivity contribution in [3.63, 3.8) is 0 Å². The molecule has 0 spiro atoms. The fourth-order valence-corrected chi connectivity index (χ4v) is 3.45. The number of rotatable bonds is 2. The molecular formula is C14H18FN3O2S. The highest BCUT2D eigenvalue weighted by Crippen LogP contribution is 2.18. The van der Waals surface area contributed by atoms with Gasteiger partial charge < -0.3 is 14.5 Å². The molecule has 3 rings (SSSR count). The molecule has 1 aromatic heterocycles. The van der Waals surface area contributed by atoms with Crippen molar-refractivity contribution in [1.29, 1.82) is 0 Å². The van der Waals surface area contributed by atoms with E-state index in [2.05, 4.69) is 4.98 Å². The average molecular weight is 311 g/mol. The van der Waals surface area contributed by atoms with Crippen LogP contribution in [0.2, 0.25) is 0 Å². The second kappa shape index (κ2) is 6.62. The predicted molar refractivity (Wildman–Crippen MR) is 80.1 cm³/mol. The number of nitrogens with zero attached hydrogens (tertiary/aromatic N) is 3. The molecule has 0 N–H and O–H groups in total. The Kier molecular flexibility index (Phi) is 4.60. The smallest absolute Gasteiger partial charge is 0.253 e. The van der Waals surface area contributed by atoms with E-state index in [4.69, 9.17) is 4.74 Å². The van der Waals surface area contributed by atoms with Gasteiger partial charge in [-0.25, -0.2) is 9.37 Å². The summed E-state index contributed by atoms with van der Waals surface area (Å²) in [7, 11) is 0. The fourth-order valence-electron chi connectivity index (χ4n) is 2.55. The molecule has 114 valence electrons. The maximum Gasteiger partial charge on any atom is 0.253 e. The molecule has 3 heterocycles. The molecule has 1 atom stereocenters. The maximum atomic E-state index is 12.9. The van der Waals surface area contributed by atoms with Gasteiger partial charge in [-0.3, -0.25) is 4.79 Å². The van der Waals surface area contributed by atoms with E-state index in [0.29, 0.717) is 25.5 Å². The van der Waals surface area contributed by atoms with E-state index >= 15 is 0 Å². The van der Waals surface area contributed by atoms with Crippen LogP contribution in [-0.2, 0) is 9.53 Å². The van der Waals surface area contributed by atoms with Crippen LogP contribution in [0.4, 0.5) is 10.2 Å². The largest absolute Gasteiger partial charge is 0.365 e. The summed E-state index contributed by atoms with van der Waals surface area (Å²) in [6, 6.07) is 3.02. The van der Waals surface area contributed by atoms with Gasteiger partial charge in [0.15, 0.2) is 6.10 Å². The molecule has 2 saturated heterocycles. The number of anilines is 1. The Morgan fingerprint density at radius 1 is 1.33 bits per heavy atom. The highest BCUT2D eigenvalue weighted by atomic mass is 32.2. The van der Waals surface area contributed by atoms with E-state index in [1.54, 1.807) is 6.07 Å². The lowest BCUT2D eigenvalue weighted by Crippen LogP contribution is -2.52. The monoisotopic (exact) mass is 311 g/mol. The molecule has 1 amide bonds. The van der Waals surface area contributed by atoms with Crippen LogP contribution in [0, 0.1) is 5.82 Å². The molecule has 2 aliphatic heterocycles. The Bertz CT molecular complexity index is 493. The highest BCUT2D eigenvalue weighted by molar-refractivity contribution is 7.99. The third-order valence-corrected chi connectivity index (χ3v) is 4.64. The summed E-state index contributed by atoms with van der Waals surface area (Å²) in [5.74, 6) is 2.36. The van der Waals surface area contributed by atoms with Crippen LogP contribution in [0.15, 0.2) is 18.3 Å². The van der Waals surface area contributed by atoms with Gasteiger partial charge in [-0.05, 0) is 12.1 Å². The number of morpholine rings is 1. The van der Waals surface area contributed by atoms with E-state index < -0.39 is 6.10 Å². The fraction of sp³-hybridized carbons (Fsp3) is 0.571. The van der Waals surface area contributed by atoms with Crippen LogP contribution in [0.5, 0.6) is 0 Å². The first-order chi connectivity index (χ1) is 10.2. The summed E-state index contributed by atoms with van der Waals surface area (Å²) in [5.41, 5.74) is 0. The normalized spacial score (nSPS) is 23.2. The first-order valence-corrected chi connectivity index (χ1v) is 8.24. The third-order valence-electron chi connectivity index (χ3n) is 3.70. The number of hydrogen-bond acceptors (Lipinski definition) is 5. The Labute approximate surface area is 127 Å². The highest BCUT2D eigenvalue weighted by Gasteiger charge is 2.31. The SMILES string of the molecule is O=C(C1CN(c2ccc(F)cn2)CCO1)N1CCSCC1. The Morgan fingerprint density at radius 2 is 2.14 bits per heavy atom. The standard InChI is InChI=1S/C14H18FN3O2S/c15-11-1-2-13(16-9-11)18-3-6-20-12(10-18)14(19)17-4-7-21-8-5-17/h1-2,9,12H,3-8,10H2. The predicted octanol–water partition coefficient (Wildman–Crippen LogP) is 1.00. The summed E-state index contributed by atoms with van der Waals surface area (Å²) >= 11 is 1.87. The first-order valence-electron chi connectivity index (χ1n) is 7.09. The number of hydrogen-bond donors (Lipinski definition) is 0. The Hall–Kier alpha value is -1.34. The number of amides is 1. The van der Waals surface area contributed by atoms with Gasteiger partial charge in [0.05, 0.1) is 19.3 Å². The van der Waals surface area contributed by atoms with Gasteiger partial charge in [0.2, 0.25) is 0 Å². The molecule has 2 aliphatic rings. The lowest BCUT2D eigenvalue weighted by atomic mass is 10.2. The van der Waals surface area contributed by atoms with Crippen LogP contribution >= 0.6 is 11.8 Å². The van der Waals surface area contributed by atoms with Crippen LogP contribution in [0.25, 0.3) is 0 Å². The van der Waals surface area contributed by atoms with E-state index in [1.165, 1.54) is 12.3 Å². The number of pyridine rings is 1. The molecule has 0 radical (unpaired) electrons. The van der Waals surface area contributed by atoms with Gasteiger partial charge in [-0.15, -0.1) is 0 Å². The van der Waals surface area contributed by atoms with Gasteiger partial charge in [-0.2, -0.15) is 11.8 Å².